The van der Waals surface area contributed by atoms with Gasteiger partial charge in [0.25, 0.3) is 5.91 Å². The number of halogens is 3. The van der Waals surface area contributed by atoms with E-state index < -0.39 is 11.6 Å². The lowest BCUT2D eigenvalue weighted by atomic mass is 9.98. The van der Waals surface area contributed by atoms with Crippen molar-refractivity contribution in [1.29, 1.82) is 0 Å². The van der Waals surface area contributed by atoms with Crippen LogP contribution in [0.4, 0.5) is 13.2 Å². The van der Waals surface area contributed by atoms with Crippen LogP contribution in [0.15, 0.2) is 72.9 Å². The zero-order valence-corrected chi connectivity index (χ0v) is 17.0. The normalized spacial score (nSPS) is 14.0. The van der Waals surface area contributed by atoms with Gasteiger partial charge in [-0.3, -0.25) is 4.79 Å². The van der Waals surface area contributed by atoms with Gasteiger partial charge >= 0.3 is 0 Å². The van der Waals surface area contributed by atoms with E-state index in [1.54, 1.807) is 29.2 Å². The van der Waals surface area contributed by atoms with Gasteiger partial charge in [0.15, 0.2) is 0 Å². The van der Waals surface area contributed by atoms with Crippen LogP contribution in [-0.4, -0.2) is 28.9 Å². The number of carbonyl (C=O) groups is 1. The number of hydrogen-bond acceptors (Lipinski definition) is 1. The molecule has 1 aliphatic heterocycles. The summed E-state index contributed by atoms with van der Waals surface area (Å²) in [5.74, 6) is -1.82. The molecule has 0 radical (unpaired) electrons. The Morgan fingerprint density at radius 2 is 1.72 bits per heavy atom. The highest BCUT2D eigenvalue weighted by atomic mass is 19.1. The molecular weight excluding hydrogens is 413 g/mol. The summed E-state index contributed by atoms with van der Waals surface area (Å²) in [4.78, 5) is 17.9. The predicted molar refractivity (Wildman–Crippen MR) is 119 cm³/mol. The molecule has 0 atom stereocenters. The number of amides is 1. The fraction of sp³-hybridized carbons (Fsp3) is 0.115. The van der Waals surface area contributed by atoms with Crippen LogP contribution in [0.5, 0.6) is 0 Å². The number of fused-ring (bicyclic) bond motifs is 1. The summed E-state index contributed by atoms with van der Waals surface area (Å²) in [7, 11) is 0. The molecule has 32 heavy (non-hydrogen) atoms. The van der Waals surface area contributed by atoms with Crippen LogP contribution in [0, 0.1) is 17.5 Å². The van der Waals surface area contributed by atoms with Gasteiger partial charge in [-0.15, -0.1) is 0 Å². The van der Waals surface area contributed by atoms with Gasteiger partial charge in [0, 0.05) is 41.3 Å². The van der Waals surface area contributed by atoms with Gasteiger partial charge < -0.3 is 9.88 Å². The van der Waals surface area contributed by atoms with Crippen molar-refractivity contribution in [3.63, 3.8) is 0 Å². The molecule has 0 saturated heterocycles. The van der Waals surface area contributed by atoms with Crippen LogP contribution >= 0.6 is 0 Å². The van der Waals surface area contributed by atoms with Crippen molar-refractivity contribution in [3.05, 3.63) is 102 Å². The molecule has 6 heteroatoms. The van der Waals surface area contributed by atoms with Crippen LogP contribution in [0.2, 0.25) is 0 Å². The first-order valence-electron chi connectivity index (χ1n) is 10.3. The Bertz CT molecular complexity index is 1350. The zero-order chi connectivity index (χ0) is 22.2. The summed E-state index contributed by atoms with van der Waals surface area (Å²) in [6.07, 6.45) is 4.51. The number of hydrogen-bond donors (Lipinski definition) is 1. The Morgan fingerprint density at radius 3 is 2.47 bits per heavy atom. The Morgan fingerprint density at radius 1 is 0.938 bits per heavy atom. The first-order valence-corrected chi connectivity index (χ1v) is 10.3. The third-order valence-corrected chi connectivity index (χ3v) is 5.85. The van der Waals surface area contributed by atoms with Gasteiger partial charge in [-0.2, -0.15) is 0 Å². The van der Waals surface area contributed by atoms with Gasteiger partial charge in [-0.05, 0) is 60.0 Å². The van der Waals surface area contributed by atoms with E-state index in [9.17, 15) is 18.0 Å². The quantitative estimate of drug-likeness (QED) is 0.412. The lowest BCUT2D eigenvalue weighted by molar-refractivity contribution is 0.0773. The molecule has 3 aromatic carbocycles. The molecule has 1 aromatic heterocycles. The van der Waals surface area contributed by atoms with E-state index in [0.717, 1.165) is 22.0 Å². The van der Waals surface area contributed by atoms with Gasteiger partial charge in [-0.1, -0.05) is 24.3 Å². The second-order valence-electron chi connectivity index (χ2n) is 7.80. The number of aromatic amines is 1. The number of aromatic nitrogens is 1. The molecule has 4 aromatic rings. The van der Waals surface area contributed by atoms with Crippen LogP contribution < -0.4 is 0 Å². The fourth-order valence-corrected chi connectivity index (χ4v) is 4.23. The number of benzene rings is 3. The molecule has 3 nitrogen and oxygen atoms in total. The molecule has 5 rings (SSSR count). The second kappa shape index (κ2) is 8.04. The maximum Gasteiger partial charge on any atom is 0.254 e. The van der Waals surface area contributed by atoms with Crippen molar-refractivity contribution in [2.45, 2.75) is 6.42 Å². The van der Waals surface area contributed by atoms with E-state index in [0.29, 0.717) is 30.6 Å². The van der Waals surface area contributed by atoms with Crippen LogP contribution in [0.1, 0.15) is 22.3 Å². The molecule has 1 aliphatic rings. The van der Waals surface area contributed by atoms with Crippen molar-refractivity contribution >= 4 is 22.4 Å². The minimum atomic E-state index is -0.668. The van der Waals surface area contributed by atoms with Crippen LogP contribution in [-0.2, 0) is 0 Å². The number of nitrogens with one attached hydrogen (secondary N) is 1. The lowest BCUT2D eigenvalue weighted by Gasteiger charge is -2.27. The SMILES string of the molecule is O=C(c1cccc(-c2c(F)cccc2F)c1)N1CC=C(c2c[nH]c3cc(F)ccc23)CC1. The zero-order valence-electron chi connectivity index (χ0n) is 17.0. The Hall–Kier alpha value is -3.80. The molecule has 160 valence electrons. The molecule has 2 heterocycles. The molecule has 1 N–H and O–H groups in total. The molecule has 0 bridgehead atoms. The van der Waals surface area contributed by atoms with E-state index in [2.05, 4.69) is 4.98 Å². The monoisotopic (exact) mass is 432 g/mol. The molecule has 0 spiro atoms. The molecular formula is C26H19F3N2O. The minimum absolute atomic E-state index is 0.140. The number of carbonyl (C=O) groups excluding carboxylic acids is 1. The number of H-pyrrole nitrogens is 1. The molecule has 0 unspecified atom stereocenters. The second-order valence-corrected chi connectivity index (χ2v) is 7.80. The highest BCUT2D eigenvalue weighted by Gasteiger charge is 2.21. The van der Waals surface area contributed by atoms with Gasteiger partial charge in [-0.25, -0.2) is 13.2 Å². The van der Waals surface area contributed by atoms with Gasteiger partial charge in [0.2, 0.25) is 0 Å². The van der Waals surface area contributed by atoms with Gasteiger partial charge in [0.05, 0.1) is 5.56 Å². The van der Waals surface area contributed by atoms with E-state index >= 15 is 0 Å². The Labute approximate surface area is 182 Å². The maximum absolute atomic E-state index is 14.2. The number of rotatable bonds is 3. The first kappa shape index (κ1) is 20.1. The van der Waals surface area contributed by atoms with Crippen LogP contribution in [0.25, 0.3) is 27.6 Å². The van der Waals surface area contributed by atoms with Crippen molar-refractivity contribution in [3.8, 4) is 11.1 Å². The topological polar surface area (TPSA) is 36.1 Å². The fourth-order valence-electron chi connectivity index (χ4n) is 4.23. The summed E-state index contributed by atoms with van der Waals surface area (Å²) in [5.41, 5.74) is 3.39. The summed E-state index contributed by atoms with van der Waals surface area (Å²) >= 11 is 0. The van der Waals surface area contributed by atoms with E-state index in [1.165, 1.54) is 36.4 Å². The summed E-state index contributed by atoms with van der Waals surface area (Å²) in [5, 5.41) is 0.942. The van der Waals surface area contributed by atoms with Crippen molar-refractivity contribution in [1.82, 2.24) is 9.88 Å². The minimum Gasteiger partial charge on any atom is -0.360 e. The largest absolute Gasteiger partial charge is 0.360 e. The van der Waals surface area contributed by atoms with E-state index in [4.69, 9.17) is 0 Å². The predicted octanol–water partition coefficient (Wildman–Crippen LogP) is 6.18. The standard InChI is InChI=1S/C26H19F3N2O/c27-19-7-8-20-21(15-30-24(20)14-19)16-9-11-31(12-10-16)26(32)18-4-1-3-17(13-18)25-22(28)5-2-6-23(25)29/h1-9,13-15,30H,10-12H2. The smallest absolute Gasteiger partial charge is 0.254 e. The van der Waals surface area contributed by atoms with E-state index in [-0.39, 0.29) is 17.3 Å². The summed E-state index contributed by atoms with van der Waals surface area (Å²) in [6, 6.07) is 14.7. The number of nitrogens with zero attached hydrogens (tertiary/aromatic N) is 1. The summed E-state index contributed by atoms with van der Waals surface area (Å²) < 4.78 is 41.8. The van der Waals surface area contributed by atoms with Crippen molar-refractivity contribution in [2.75, 3.05) is 13.1 Å². The Kier molecular flexibility index (Phi) is 5.05. The maximum atomic E-state index is 14.2. The lowest BCUT2D eigenvalue weighted by Crippen LogP contribution is -2.34. The highest BCUT2D eigenvalue weighted by molar-refractivity contribution is 5.97. The third-order valence-electron chi connectivity index (χ3n) is 5.85. The molecule has 0 fully saturated rings. The van der Waals surface area contributed by atoms with Crippen molar-refractivity contribution < 1.29 is 18.0 Å². The average Bonchev–Trinajstić information content (AvgIpc) is 3.22. The van der Waals surface area contributed by atoms with Gasteiger partial charge in [0.1, 0.15) is 17.5 Å². The first-order chi connectivity index (χ1) is 15.5. The van der Waals surface area contributed by atoms with E-state index in [1.807, 2.05) is 12.3 Å². The third kappa shape index (κ3) is 3.58. The highest BCUT2D eigenvalue weighted by Crippen LogP contribution is 2.31. The molecule has 0 aliphatic carbocycles. The molecule has 1 amide bonds. The molecule has 0 saturated carbocycles. The summed E-state index contributed by atoms with van der Waals surface area (Å²) in [6.45, 7) is 0.928. The average molecular weight is 432 g/mol. The van der Waals surface area contributed by atoms with Crippen molar-refractivity contribution in [2.24, 2.45) is 0 Å². The Balaban J connectivity index is 1.38. The van der Waals surface area contributed by atoms with Crippen LogP contribution in [0.3, 0.4) is 0 Å².